The number of hydrogen-bond acceptors (Lipinski definition) is 3. The lowest BCUT2D eigenvalue weighted by molar-refractivity contribution is -0.141. The smallest absolute Gasteiger partial charge is 0.308 e. The van der Waals surface area contributed by atoms with Gasteiger partial charge in [0, 0.05) is 25.6 Å². The van der Waals surface area contributed by atoms with Gasteiger partial charge in [0.05, 0.1) is 5.92 Å². The Balaban J connectivity index is 2.61. The van der Waals surface area contributed by atoms with Crippen molar-refractivity contribution < 1.29 is 14.7 Å². The van der Waals surface area contributed by atoms with E-state index in [0.29, 0.717) is 13.1 Å². The zero-order chi connectivity index (χ0) is 10.0. The largest absolute Gasteiger partial charge is 0.481 e. The van der Waals surface area contributed by atoms with Crippen LogP contribution >= 0.6 is 0 Å². The first-order valence-electron chi connectivity index (χ1n) is 4.28. The van der Waals surface area contributed by atoms with Crippen molar-refractivity contribution in [3.8, 4) is 0 Å². The highest BCUT2D eigenvalue weighted by molar-refractivity contribution is 5.86. The van der Waals surface area contributed by atoms with Gasteiger partial charge >= 0.3 is 5.97 Å². The van der Waals surface area contributed by atoms with E-state index in [0.717, 1.165) is 0 Å². The lowest BCUT2D eigenvalue weighted by Crippen LogP contribution is -2.39. The molecule has 1 amide bonds. The standard InChI is InChI=1S/C8H14N2O3/c1-5(3-9)10-4-6(8(12)13)2-7(10)11/h5-6H,2-4,9H2,1H3,(H,12,13). The van der Waals surface area contributed by atoms with Gasteiger partial charge in [-0.25, -0.2) is 0 Å². The Bertz CT molecular complexity index is 229. The Morgan fingerprint density at radius 3 is 2.85 bits per heavy atom. The van der Waals surface area contributed by atoms with Crippen LogP contribution in [0.25, 0.3) is 0 Å². The second-order valence-corrected chi connectivity index (χ2v) is 3.37. The van der Waals surface area contributed by atoms with Crippen LogP contribution in [0.5, 0.6) is 0 Å². The topological polar surface area (TPSA) is 83.6 Å². The molecule has 1 aliphatic rings. The van der Waals surface area contributed by atoms with Crippen LogP contribution in [0.2, 0.25) is 0 Å². The summed E-state index contributed by atoms with van der Waals surface area (Å²) in [6.07, 6.45) is 0.111. The predicted molar refractivity (Wildman–Crippen MR) is 46.0 cm³/mol. The SMILES string of the molecule is CC(CN)N1CC(C(=O)O)CC1=O. The van der Waals surface area contributed by atoms with E-state index in [4.69, 9.17) is 10.8 Å². The third-order valence-electron chi connectivity index (χ3n) is 2.38. The molecule has 2 unspecified atom stereocenters. The highest BCUT2D eigenvalue weighted by Crippen LogP contribution is 2.19. The Labute approximate surface area is 76.5 Å². The van der Waals surface area contributed by atoms with E-state index in [1.165, 1.54) is 0 Å². The summed E-state index contributed by atoms with van der Waals surface area (Å²) >= 11 is 0. The van der Waals surface area contributed by atoms with Crippen LogP contribution in [-0.2, 0) is 9.59 Å². The van der Waals surface area contributed by atoms with Crippen molar-refractivity contribution >= 4 is 11.9 Å². The lowest BCUT2D eigenvalue weighted by atomic mass is 10.1. The van der Waals surface area contributed by atoms with E-state index in [9.17, 15) is 9.59 Å². The van der Waals surface area contributed by atoms with Gasteiger partial charge in [-0.1, -0.05) is 0 Å². The average molecular weight is 186 g/mol. The molecule has 1 saturated heterocycles. The van der Waals surface area contributed by atoms with Crippen LogP contribution in [0.15, 0.2) is 0 Å². The normalized spacial score (nSPS) is 24.9. The fourth-order valence-corrected chi connectivity index (χ4v) is 1.45. The zero-order valence-corrected chi connectivity index (χ0v) is 7.56. The van der Waals surface area contributed by atoms with Gasteiger partial charge in [0.1, 0.15) is 0 Å². The molecular formula is C8H14N2O3. The molecular weight excluding hydrogens is 172 g/mol. The number of likely N-dealkylation sites (tertiary alicyclic amines) is 1. The maximum absolute atomic E-state index is 11.3. The van der Waals surface area contributed by atoms with Crippen LogP contribution in [0, 0.1) is 5.92 Å². The molecule has 1 heterocycles. The van der Waals surface area contributed by atoms with Crippen molar-refractivity contribution in [2.75, 3.05) is 13.1 Å². The number of carboxylic acid groups (broad SMARTS) is 1. The summed E-state index contributed by atoms with van der Waals surface area (Å²) in [5.74, 6) is -1.56. The number of amides is 1. The highest BCUT2D eigenvalue weighted by atomic mass is 16.4. The second-order valence-electron chi connectivity index (χ2n) is 3.37. The first kappa shape index (κ1) is 9.98. The number of aliphatic carboxylic acids is 1. The van der Waals surface area contributed by atoms with Gasteiger partial charge in [-0.2, -0.15) is 0 Å². The first-order valence-corrected chi connectivity index (χ1v) is 4.28. The van der Waals surface area contributed by atoms with Crippen molar-refractivity contribution in [2.45, 2.75) is 19.4 Å². The van der Waals surface area contributed by atoms with Gasteiger partial charge < -0.3 is 15.7 Å². The van der Waals surface area contributed by atoms with Gasteiger partial charge in [-0.3, -0.25) is 9.59 Å². The Morgan fingerprint density at radius 1 is 1.85 bits per heavy atom. The van der Waals surface area contributed by atoms with Crippen LogP contribution < -0.4 is 5.73 Å². The monoisotopic (exact) mass is 186 g/mol. The molecule has 0 aromatic carbocycles. The minimum Gasteiger partial charge on any atom is -0.481 e. The Hall–Kier alpha value is -1.10. The molecule has 0 saturated carbocycles. The van der Waals surface area contributed by atoms with Gasteiger partial charge in [-0.15, -0.1) is 0 Å². The molecule has 0 aromatic rings. The van der Waals surface area contributed by atoms with Gasteiger partial charge in [-0.05, 0) is 6.92 Å². The van der Waals surface area contributed by atoms with Crippen LogP contribution in [0.3, 0.4) is 0 Å². The molecule has 13 heavy (non-hydrogen) atoms. The number of nitrogens with two attached hydrogens (primary N) is 1. The molecule has 0 radical (unpaired) electrons. The number of hydrogen-bond donors (Lipinski definition) is 2. The third-order valence-corrected chi connectivity index (χ3v) is 2.38. The average Bonchev–Trinajstić information content (AvgIpc) is 2.46. The van der Waals surface area contributed by atoms with E-state index in [-0.39, 0.29) is 18.4 Å². The van der Waals surface area contributed by atoms with E-state index in [1.54, 1.807) is 4.90 Å². The summed E-state index contributed by atoms with van der Waals surface area (Å²) in [6.45, 7) is 2.49. The van der Waals surface area contributed by atoms with Crippen LogP contribution in [-0.4, -0.2) is 41.0 Å². The minimum atomic E-state index is -0.903. The van der Waals surface area contributed by atoms with Crippen molar-refractivity contribution in [3.63, 3.8) is 0 Å². The predicted octanol–water partition coefficient (Wildman–Crippen LogP) is -0.733. The number of carbonyl (C=O) groups is 2. The van der Waals surface area contributed by atoms with E-state index < -0.39 is 11.9 Å². The van der Waals surface area contributed by atoms with Crippen molar-refractivity contribution in [3.05, 3.63) is 0 Å². The minimum absolute atomic E-state index is 0.0585. The van der Waals surface area contributed by atoms with Crippen LogP contribution in [0.4, 0.5) is 0 Å². The number of carboxylic acids is 1. The maximum Gasteiger partial charge on any atom is 0.308 e. The summed E-state index contributed by atoms with van der Waals surface area (Å²) in [6, 6.07) is -0.0585. The number of nitrogens with zero attached hydrogens (tertiary/aromatic N) is 1. The number of rotatable bonds is 3. The molecule has 0 spiro atoms. The molecule has 0 bridgehead atoms. The van der Waals surface area contributed by atoms with Gasteiger partial charge in [0.2, 0.25) is 5.91 Å². The summed E-state index contributed by atoms with van der Waals surface area (Å²) in [7, 11) is 0. The molecule has 2 atom stereocenters. The summed E-state index contributed by atoms with van der Waals surface area (Å²) in [5, 5.41) is 8.69. The quantitative estimate of drug-likeness (QED) is 0.608. The summed E-state index contributed by atoms with van der Waals surface area (Å²) in [5.41, 5.74) is 5.39. The van der Waals surface area contributed by atoms with Gasteiger partial charge in [0.25, 0.3) is 0 Å². The molecule has 1 aliphatic heterocycles. The molecule has 0 aromatic heterocycles. The Morgan fingerprint density at radius 2 is 2.46 bits per heavy atom. The second kappa shape index (κ2) is 3.74. The van der Waals surface area contributed by atoms with Gasteiger partial charge in [0.15, 0.2) is 0 Å². The van der Waals surface area contributed by atoms with E-state index in [2.05, 4.69) is 0 Å². The van der Waals surface area contributed by atoms with Crippen molar-refractivity contribution in [1.29, 1.82) is 0 Å². The highest BCUT2D eigenvalue weighted by Gasteiger charge is 2.35. The third kappa shape index (κ3) is 1.98. The number of carbonyl (C=O) groups excluding carboxylic acids is 1. The summed E-state index contributed by atoms with van der Waals surface area (Å²) in [4.78, 5) is 23.4. The van der Waals surface area contributed by atoms with E-state index in [1.807, 2.05) is 6.92 Å². The molecule has 3 N–H and O–H groups in total. The summed E-state index contributed by atoms with van der Waals surface area (Å²) < 4.78 is 0. The first-order chi connectivity index (χ1) is 6.06. The van der Waals surface area contributed by atoms with Crippen molar-refractivity contribution in [1.82, 2.24) is 4.90 Å². The Kier molecular flexibility index (Phi) is 2.87. The fourth-order valence-electron chi connectivity index (χ4n) is 1.45. The molecule has 74 valence electrons. The molecule has 1 fully saturated rings. The molecule has 5 nitrogen and oxygen atoms in total. The lowest BCUT2D eigenvalue weighted by Gasteiger charge is -2.22. The maximum atomic E-state index is 11.3. The van der Waals surface area contributed by atoms with Crippen molar-refractivity contribution in [2.24, 2.45) is 11.7 Å². The molecule has 1 rings (SSSR count). The zero-order valence-electron chi connectivity index (χ0n) is 7.56. The van der Waals surface area contributed by atoms with Crippen LogP contribution in [0.1, 0.15) is 13.3 Å². The van der Waals surface area contributed by atoms with E-state index >= 15 is 0 Å². The molecule has 5 heteroatoms. The fraction of sp³-hybridized carbons (Fsp3) is 0.750. The molecule has 0 aliphatic carbocycles.